The minimum Gasteiger partial charge on any atom is -0.454 e. The number of fused-ring (bicyclic) bond motifs is 1. The number of hydrogen-bond donors (Lipinski definition) is 0. The summed E-state index contributed by atoms with van der Waals surface area (Å²) in [6.45, 7) is 4.50. The molecule has 0 spiro atoms. The third-order valence-corrected chi connectivity index (χ3v) is 7.03. The van der Waals surface area contributed by atoms with E-state index < -0.39 is 0 Å². The summed E-state index contributed by atoms with van der Waals surface area (Å²) in [6, 6.07) is 22.0. The lowest BCUT2D eigenvalue weighted by molar-refractivity contribution is 0.0953. The Morgan fingerprint density at radius 1 is 0.939 bits per heavy atom. The van der Waals surface area contributed by atoms with Crippen molar-refractivity contribution < 1.29 is 9.47 Å². The Balaban J connectivity index is 1.23. The second-order valence-corrected chi connectivity index (χ2v) is 9.33. The summed E-state index contributed by atoms with van der Waals surface area (Å²) < 4.78 is 11.0. The van der Waals surface area contributed by atoms with Crippen LogP contribution in [0.1, 0.15) is 29.5 Å². The maximum atomic E-state index is 5.56. The molecule has 33 heavy (non-hydrogen) atoms. The molecule has 1 aromatic heterocycles. The van der Waals surface area contributed by atoms with Crippen LogP contribution in [0.25, 0.3) is 0 Å². The zero-order valence-electron chi connectivity index (χ0n) is 19.4. The molecule has 2 aliphatic heterocycles. The van der Waals surface area contributed by atoms with Crippen LogP contribution in [0.3, 0.4) is 0 Å². The summed E-state index contributed by atoms with van der Waals surface area (Å²) in [6.07, 6.45) is 7.37. The van der Waals surface area contributed by atoms with Gasteiger partial charge in [-0.15, -0.1) is 0 Å². The molecule has 0 amide bonds. The summed E-state index contributed by atoms with van der Waals surface area (Å²) in [7, 11) is 2.28. The van der Waals surface area contributed by atoms with Crippen LogP contribution in [0.15, 0.2) is 73.1 Å². The lowest BCUT2D eigenvalue weighted by Crippen LogP contribution is -2.44. The number of likely N-dealkylation sites (tertiary alicyclic amines) is 1. The van der Waals surface area contributed by atoms with Gasteiger partial charge in [-0.3, -0.25) is 14.8 Å². The molecule has 0 aliphatic carbocycles. The second kappa shape index (κ2) is 10.4. The van der Waals surface area contributed by atoms with Crippen molar-refractivity contribution in [1.29, 1.82) is 0 Å². The topological polar surface area (TPSA) is 37.8 Å². The Bertz CT molecular complexity index is 1020. The average molecular weight is 444 g/mol. The minimum atomic E-state index is 0.333. The molecule has 2 aromatic carbocycles. The highest BCUT2D eigenvalue weighted by Gasteiger charge is 2.29. The predicted molar refractivity (Wildman–Crippen MR) is 130 cm³/mol. The number of piperidine rings is 1. The fourth-order valence-electron chi connectivity index (χ4n) is 5.23. The first-order valence-electron chi connectivity index (χ1n) is 12.0. The molecule has 3 aromatic rings. The van der Waals surface area contributed by atoms with E-state index in [2.05, 4.69) is 70.4 Å². The summed E-state index contributed by atoms with van der Waals surface area (Å²) >= 11 is 0. The van der Waals surface area contributed by atoms with Gasteiger partial charge < -0.3 is 9.47 Å². The molecule has 0 saturated carbocycles. The number of aromatic nitrogens is 1. The van der Waals surface area contributed by atoms with Crippen LogP contribution >= 0.6 is 0 Å². The van der Waals surface area contributed by atoms with E-state index in [1.807, 2.05) is 24.5 Å². The van der Waals surface area contributed by atoms with Crippen molar-refractivity contribution in [1.82, 2.24) is 14.8 Å². The fourth-order valence-corrected chi connectivity index (χ4v) is 5.23. The largest absolute Gasteiger partial charge is 0.454 e. The minimum absolute atomic E-state index is 0.333. The van der Waals surface area contributed by atoms with Crippen molar-refractivity contribution in [3.05, 3.63) is 89.7 Å². The Morgan fingerprint density at radius 2 is 1.73 bits per heavy atom. The van der Waals surface area contributed by atoms with E-state index in [1.54, 1.807) is 0 Å². The number of pyridine rings is 1. The van der Waals surface area contributed by atoms with E-state index in [9.17, 15) is 0 Å². The van der Waals surface area contributed by atoms with E-state index in [-0.39, 0.29) is 0 Å². The maximum absolute atomic E-state index is 5.56. The predicted octanol–water partition coefficient (Wildman–Crippen LogP) is 4.77. The fraction of sp³-hybridized carbons (Fsp3) is 0.393. The highest BCUT2D eigenvalue weighted by atomic mass is 16.7. The van der Waals surface area contributed by atoms with Gasteiger partial charge >= 0.3 is 0 Å². The van der Waals surface area contributed by atoms with Crippen LogP contribution in [0.5, 0.6) is 11.5 Å². The first-order chi connectivity index (χ1) is 16.2. The van der Waals surface area contributed by atoms with Crippen LogP contribution in [0.4, 0.5) is 0 Å². The van der Waals surface area contributed by atoms with E-state index in [0.29, 0.717) is 18.8 Å². The number of ether oxygens (including phenoxy) is 2. The molecular formula is C28H33N3O2. The van der Waals surface area contributed by atoms with Gasteiger partial charge in [0.1, 0.15) is 0 Å². The van der Waals surface area contributed by atoms with Gasteiger partial charge in [-0.05, 0) is 80.2 Å². The number of benzene rings is 2. The Hall–Kier alpha value is -2.89. The van der Waals surface area contributed by atoms with Crippen molar-refractivity contribution in [3.8, 4) is 11.5 Å². The molecule has 1 fully saturated rings. The Morgan fingerprint density at radius 3 is 2.52 bits per heavy atom. The van der Waals surface area contributed by atoms with E-state index in [4.69, 9.17) is 9.47 Å². The molecule has 0 bridgehead atoms. The lowest BCUT2D eigenvalue weighted by atomic mass is 9.84. The monoisotopic (exact) mass is 443 g/mol. The van der Waals surface area contributed by atoms with Crippen molar-refractivity contribution >= 4 is 0 Å². The third kappa shape index (κ3) is 5.55. The molecule has 3 heterocycles. The SMILES string of the molecule is CN(Cc1cccnc1)[C@H](Cc1ccccc1)C1CCN(Cc2ccc3c(c2)OCO3)CC1. The quantitative estimate of drug-likeness (QED) is 0.502. The Kier molecular flexibility index (Phi) is 6.89. The standard InChI is InChI=1S/C28H33N3O2/c1-30(19-24-8-5-13-29-18-24)26(16-22-6-3-2-4-7-22)25-11-14-31(15-12-25)20-23-9-10-27-28(17-23)33-21-32-27/h2-10,13,17-18,25-26H,11-12,14-16,19-21H2,1H3/t26-/m1/s1. The van der Waals surface area contributed by atoms with Gasteiger partial charge in [-0.2, -0.15) is 0 Å². The summed E-state index contributed by atoms with van der Waals surface area (Å²) in [5.41, 5.74) is 3.99. The number of rotatable bonds is 8. The highest BCUT2D eigenvalue weighted by molar-refractivity contribution is 5.44. The molecule has 5 rings (SSSR count). The number of nitrogens with zero attached hydrogens (tertiary/aromatic N) is 3. The maximum Gasteiger partial charge on any atom is 0.231 e. The zero-order valence-corrected chi connectivity index (χ0v) is 19.4. The van der Waals surface area contributed by atoms with Crippen molar-refractivity contribution in [3.63, 3.8) is 0 Å². The smallest absolute Gasteiger partial charge is 0.231 e. The van der Waals surface area contributed by atoms with Crippen LogP contribution in [-0.4, -0.2) is 47.8 Å². The molecule has 1 atom stereocenters. The van der Waals surface area contributed by atoms with Crippen LogP contribution in [0, 0.1) is 5.92 Å². The molecule has 0 N–H and O–H groups in total. The van der Waals surface area contributed by atoms with Crippen molar-refractivity contribution in [2.24, 2.45) is 5.92 Å². The van der Waals surface area contributed by atoms with E-state index >= 15 is 0 Å². The van der Waals surface area contributed by atoms with Crippen LogP contribution < -0.4 is 9.47 Å². The number of likely N-dealkylation sites (N-methyl/N-ethyl adjacent to an activating group) is 1. The number of hydrogen-bond acceptors (Lipinski definition) is 5. The highest BCUT2D eigenvalue weighted by Crippen LogP contribution is 2.33. The summed E-state index contributed by atoms with van der Waals surface area (Å²) in [5.74, 6) is 2.42. The molecule has 1 saturated heterocycles. The van der Waals surface area contributed by atoms with Gasteiger partial charge in [-0.25, -0.2) is 0 Å². The third-order valence-electron chi connectivity index (χ3n) is 7.03. The van der Waals surface area contributed by atoms with Crippen molar-refractivity contribution in [2.75, 3.05) is 26.9 Å². The first-order valence-corrected chi connectivity index (χ1v) is 12.0. The summed E-state index contributed by atoms with van der Waals surface area (Å²) in [5, 5.41) is 0. The molecule has 0 radical (unpaired) electrons. The Labute approximate surface area is 197 Å². The van der Waals surface area contributed by atoms with Crippen LogP contribution in [0.2, 0.25) is 0 Å². The van der Waals surface area contributed by atoms with Gasteiger partial charge in [0.25, 0.3) is 0 Å². The average Bonchev–Trinajstić information content (AvgIpc) is 3.32. The van der Waals surface area contributed by atoms with E-state index in [1.165, 1.54) is 29.5 Å². The second-order valence-electron chi connectivity index (χ2n) is 9.33. The normalized spacial score (nSPS) is 17.4. The molecule has 0 unspecified atom stereocenters. The zero-order chi connectivity index (χ0) is 22.5. The van der Waals surface area contributed by atoms with Gasteiger partial charge in [0.05, 0.1) is 0 Å². The van der Waals surface area contributed by atoms with Crippen molar-refractivity contribution in [2.45, 2.75) is 38.4 Å². The molecular weight excluding hydrogens is 410 g/mol. The van der Waals surface area contributed by atoms with Gasteiger partial charge in [0.2, 0.25) is 6.79 Å². The van der Waals surface area contributed by atoms with Gasteiger partial charge in [-0.1, -0.05) is 42.5 Å². The first kappa shape index (κ1) is 21.9. The molecule has 5 heteroatoms. The molecule has 2 aliphatic rings. The molecule has 5 nitrogen and oxygen atoms in total. The lowest BCUT2D eigenvalue weighted by Gasteiger charge is -2.40. The molecule has 172 valence electrons. The van der Waals surface area contributed by atoms with Gasteiger partial charge in [0.15, 0.2) is 11.5 Å². The van der Waals surface area contributed by atoms with Gasteiger partial charge in [0, 0.05) is 31.5 Å². The summed E-state index contributed by atoms with van der Waals surface area (Å²) in [4.78, 5) is 9.44. The van der Waals surface area contributed by atoms with E-state index in [0.717, 1.165) is 44.1 Å². The van der Waals surface area contributed by atoms with Crippen LogP contribution in [-0.2, 0) is 19.5 Å².